The highest BCUT2D eigenvalue weighted by molar-refractivity contribution is 5.14. The van der Waals surface area contributed by atoms with Crippen molar-refractivity contribution in [1.29, 1.82) is 0 Å². The third kappa shape index (κ3) is 2.11. The number of aromatic nitrogens is 1. The Morgan fingerprint density at radius 1 is 1.43 bits per heavy atom. The number of pyridine rings is 1. The molecule has 0 aliphatic carbocycles. The van der Waals surface area contributed by atoms with Gasteiger partial charge in [0.25, 0.3) is 0 Å². The van der Waals surface area contributed by atoms with Crippen molar-refractivity contribution in [1.82, 2.24) is 10.3 Å². The largest absolute Gasteiger partial charge is 0.390 e. The van der Waals surface area contributed by atoms with E-state index in [1.54, 1.807) is 0 Å². The van der Waals surface area contributed by atoms with Crippen LogP contribution in [0.4, 0.5) is 0 Å². The molecule has 0 saturated carbocycles. The van der Waals surface area contributed by atoms with E-state index >= 15 is 0 Å². The maximum absolute atomic E-state index is 8.98. The highest BCUT2D eigenvalue weighted by Gasteiger charge is 2.15. The summed E-state index contributed by atoms with van der Waals surface area (Å²) in [6.45, 7) is 1.11. The number of nitrogens with one attached hydrogen (secondary N) is 1. The summed E-state index contributed by atoms with van der Waals surface area (Å²) >= 11 is 0. The predicted octanol–water partition coefficient (Wildman–Crippen LogP) is 1.39. The van der Waals surface area contributed by atoms with Crippen molar-refractivity contribution in [3.8, 4) is 0 Å². The van der Waals surface area contributed by atoms with Gasteiger partial charge in [0.2, 0.25) is 0 Å². The highest BCUT2D eigenvalue weighted by Crippen LogP contribution is 2.21. The second-order valence-electron chi connectivity index (χ2n) is 3.71. The Labute approximate surface area is 84.2 Å². The van der Waals surface area contributed by atoms with Gasteiger partial charge in [-0.15, -0.1) is 0 Å². The number of rotatable bonds is 2. The monoisotopic (exact) mass is 192 g/mol. The molecule has 2 N–H and O–H groups in total. The van der Waals surface area contributed by atoms with E-state index in [1.165, 1.54) is 12.8 Å². The average Bonchev–Trinajstić information content (AvgIpc) is 2.30. The molecule has 0 radical (unpaired) electrons. The highest BCUT2D eigenvalue weighted by atomic mass is 16.3. The first-order valence-corrected chi connectivity index (χ1v) is 5.20. The minimum Gasteiger partial charge on any atom is -0.390 e. The maximum Gasteiger partial charge on any atom is 0.0853 e. The molecule has 2 rings (SSSR count). The van der Waals surface area contributed by atoms with Crippen LogP contribution in [-0.4, -0.2) is 16.6 Å². The molecular formula is C11H16N2O. The fourth-order valence-electron chi connectivity index (χ4n) is 1.88. The molecule has 0 aromatic carbocycles. The van der Waals surface area contributed by atoms with Gasteiger partial charge in [0.1, 0.15) is 0 Å². The molecule has 1 atom stereocenters. The zero-order chi connectivity index (χ0) is 9.80. The molecule has 14 heavy (non-hydrogen) atoms. The van der Waals surface area contributed by atoms with Crippen molar-refractivity contribution in [2.75, 3.05) is 6.54 Å². The van der Waals surface area contributed by atoms with Gasteiger partial charge >= 0.3 is 0 Å². The lowest BCUT2D eigenvalue weighted by Gasteiger charge is -2.23. The molecule has 3 heteroatoms. The van der Waals surface area contributed by atoms with Crippen LogP contribution in [-0.2, 0) is 6.61 Å². The van der Waals surface area contributed by atoms with Crippen LogP contribution in [0.2, 0.25) is 0 Å². The summed E-state index contributed by atoms with van der Waals surface area (Å²) in [6.07, 6.45) is 3.68. The Hall–Kier alpha value is -0.930. The molecule has 1 aromatic rings. The van der Waals surface area contributed by atoms with E-state index < -0.39 is 0 Å². The fourth-order valence-corrected chi connectivity index (χ4v) is 1.88. The lowest BCUT2D eigenvalue weighted by molar-refractivity contribution is 0.275. The van der Waals surface area contributed by atoms with Crippen LogP contribution < -0.4 is 5.32 Å². The van der Waals surface area contributed by atoms with Crippen molar-refractivity contribution in [3.05, 3.63) is 29.6 Å². The van der Waals surface area contributed by atoms with Gasteiger partial charge in [-0.05, 0) is 31.5 Å². The SMILES string of the molecule is OCc1cccc([C@H]2CCCCN2)n1. The van der Waals surface area contributed by atoms with Gasteiger partial charge in [0.05, 0.1) is 18.0 Å². The molecule has 0 amide bonds. The average molecular weight is 192 g/mol. The van der Waals surface area contributed by atoms with Gasteiger partial charge in [-0.3, -0.25) is 4.98 Å². The number of aliphatic hydroxyl groups is 1. The Morgan fingerprint density at radius 3 is 3.07 bits per heavy atom. The molecule has 0 spiro atoms. The summed E-state index contributed by atoms with van der Waals surface area (Å²) < 4.78 is 0. The Kier molecular flexibility index (Phi) is 3.11. The van der Waals surface area contributed by atoms with Crippen molar-refractivity contribution < 1.29 is 5.11 Å². The molecule has 2 heterocycles. The first kappa shape index (κ1) is 9.62. The molecule has 1 aliphatic heterocycles. The van der Waals surface area contributed by atoms with Crippen LogP contribution in [0.3, 0.4) is 0 Å². The van der Waals surface area contributed by atoms with Gasteiger partial charge in [0, 0.05) is 6.04 Å². The van der Waals surface area contributed by atoms with E-state index in [-0.39, 0.29) is 6.61 Å². The fraction of sp³-hybridized carbons (Fsp3) is 0.545. The maximum atomic E-state index is 8.98. The van der Waals surface area contributed by atoms with Crippen LogP contribution in [0.15, 0.2) is 18.2 Å². The van der Waals surface area contributed by atoms with Gasteiger partial charge in [-0.2, -0.15) is 0 Å². The van der Waals surface area contributed by atoms with Gasteiger partial charge in [-0.25, -0.2) is 0 Å². The van der Waals surface area contributed by atoms with Crippen LogP contribution in [0.5, 0.6) is 0 Å². The van der Waals surface area contributed by atoms with Crippen LogP contribution in [0.1, 0.15) is 36.7 Å². The van der Waals surface area contributed by atoms with Crippen LogP contribution in [0, 0.1) is 0 Å². The van der Waals surface area contributed by atoms with Gasteiger partial charge in [-0.1, -0.05) is 12.5 Å². The second-order valence-corrected chi connectivity index (χ2v) is 3.71. The second kappa shape index (κ2) is 4.53. The topological polar surface area (TPSA) is 45.1 Å². The number of hydrogen-bond acceptors (Lipinski definition) is 3. The van der Waals surface area contributed by atoms with E-state index in [1.807, 2.05) is 18.2 Å². The Bertz CT molecular complexity index is 295. The van der Waals surface area contributed by atoms with E-state index in [0.717, 1.165) is 24.4 Å². The normalized spacial score (nSPS) is 22.2. The summed E-state index contributed by atoms with van der Waals surface area (Å²) in [5, 5.41) is 12.4. The summed E-state index contributed by atoms with van der Waals surface area (Å²) in [4.78, 5) is 4.40. The minimum atomic E-state index is 0.0283. The number of hydrogen-bond donors (Lipinski definition) is 2. The number of piperidine rings is 1. The van der Waals surface area contributed by atoms with Crippen LogP contribution in [0.25, 0.3) is 0 Å². The van der Waals surface area contributed by atoms with Crippen molar-refractivity contribution in [3.63, 3.8) is 0 Å². The van der Waals surface area contributed by atoms with E-state index in [0.29, 0.717) is 6.04 Å². The summed E-state index contributed by atoms with van der Waals surface area (Å²) in [5.74, 6) is 0. The summed E-state index contributed by atoms with van der Waals surface area (Å²) in [6, 6.07) is 6.23. The molecule has 0 unspecified atom stereocenters. The lowest BCUT2D eigenvalue weighted by Crippen LogP contribution is -2.27. The zero-order valence-electron chi connectivity index (χ0n) is 8.24. The number of aliphatic hydroxyl groups excluding tert-OH is 1. The van der Waals surface area contributed by atoms with Crippen molar-refractivity contribution in [2.24, 2.45) is 0 Å². The molecule has 76 valence electrons. The summed E-state index contributed by atoms with van der Waals surface area (Å²) in [5.41, 5.74) is 1.83. The van der Waals surface area contributed by atoms with Crippen molar-refractivity contribution in [2.45, 2.75) is 31.9 Å². The van der Waals surface area contributed by atoms with E-state index in [2.05, 4.69) is 10.3 Å². The standard InChI is InChI=1S/C11H16N2O/c14-8-9-4-3-6-11(13-9)10-5-1-2-7-12-10/h3-4,6,10,12,14H,1-2,5,7-8H2/t10-/m1/s1. The zero-order valence-corrected chi connectivity index (χ0v) is 8.24. The molecule has 1 saturated heterocycles. The smallest absolute Gasteiger partial charge is 0.0853 e. The Morgan fingerprint density at radius 2 is 2.36 bits per heavy atom. The van der Waals surface area contributed by atoms with E-state index in [9.17, 15) is 0 Å². The van der Waals surface area contributed by atoms with E-state index in [4.69, 9.17) is 5.11 Å². The molecular weight excluding hydrogens is 176 g/mol. The third-order valence-electron chi connectivity index (χ3n) is 2.66. The molecule has 3 nitrogen and oxygen atoms in total. The quantitative estimate of drug-likeness (QED) is 0.744. The lowest BCUT2D eigenvalue weighted by atomic mass is 10.0. The molecule has 0 bridgehead atoms. The van der Waals surface area contributed by atoms with Gasteiger partial charge < -0.3 is 10.4 Å². The van der Waals surface area contributed by atoms with Crippen LogP contribution >= 0.6 is 0 Å². The van der Waals surface area contributed by atoms with Crippen molar-refractivity contribution >= 4 is 0 Å². The third-order valence-corrected chi connectivity index (χ3v) is 2.66. The predicted molar refractivity (Wildman–Crippen MR) is 54.8 cm³/mol. The Balaban J connectivity index is 2.13. The number of nitrogens with zero attached hydrogens (tertiary/aromatic N) is 1. The van der Waals surface area contributed by atoms with Gasteiger partial charge in [0.15, 0.2) is 0 Å². The molecule has 1 aromatic heterocycles. The summed E-state index contributed by atoms with van der Waals surface area (Å²) in [7, 11) is 0. The first-order chi connectivity index (χ1) is 6.90. The molecule has 1 fully saturated rings. The minimum absolute atomic E-state index is 0.0283. The first-order valence-electron chi connectivity index (χ1n) is 5.20. The molecule has 1 aliphatic rings.